The SMILES string of the molecule is COc1cc(-n2ccc(N(C)C(=O)C(F)(F)F)n2)ccc1Br. The van der Waals surface area contributed by atoms with Crippen molar-refractivity contribution in [2.45, 2.75) is 6.18 Å². The van der Waals surface area contributed by atoms with Gasteiger partial charge >= 0.3 is 12.1 Å². The fraction of sp³-hybridized carbons (Fsp3) is 0.231. The third-order valence-corrected chi connectivity index (χ3v) is 3.52. The van der Waals surface area contributed by atoms with E-state index >= 15 is 0 Å². The van der Waals surface area contributed by atoms with E-state index in [0.717, 1.165) is 11.5 Å². The number of carbonyl (C=O) groups is 1. The van der Waals surface area contributed by atoms with Gasteiger partial charge in [0.25, 0.3) is 0 Å². The molecular formula is C13H11BrF3N3O2. The Morgan fingerprint density at radius 2 is 2.05 bits per heavy atom. The molecule has 1 aromatic carbocycles. The van der Waals surface area contributed by atoms with Crippen LogP contribution in [0.25, 0.3) is 5.69 Å². The normalized spacial score (nSPS) is 11.4. The number of rotatable bonds is 3. The first-order chi connectivity index (χ1) is 10.2. The highest BCUT2D eigenvalue weighted by Gasteiger charge is 2.42. The minimum Gasteiger partial charge on any atom is -0.495 e. The number of halogens is 4. The lowest BCUT2D eigenvalue weighted by atomic mass is 10.3. The van der Waals surface area contributed by atoms with Crippen molar-refractivity contribution in [3.8, 4) is 11.4 Å². The summed E-state index contributed by atoms with van der Waals surface area (Å²) < 4.78 is 44.5. The fourth-order valence-corrected chi connectivity index (χ4v) is 2.13. The predicted molar refractivity (Wildman–Crippen MR) is 77.3 cm³/mol. The molecule has 0 spiro atoms. The van der Waals surface area contributed by atoms with Gasteiger partial charge in [0.1, 0.15) is 5.75 Å². The summed E-state index contributed by atoms with van der Waals surface area (Å²) >= 11 is 3.30. The Balaban J connectivity index is 2.30. The van der Waals surface area contributed by atoms with E-state index in [1.54, 1.807) is 18.2 Å². The van der Waals surface area contributed by atoms with Crippen molar-refractivity contribution < 1.29 is 22.7 Å². The van der Waals surface area contributed by atoms with Crippen LogP contribution in [0, 0.1) is 0 Å². The second kappa shape index (κ2) is 5.99. The number of carbonyl (C=O) groups excluding carboxylic acids is 1. The van der Waals surface area contributed by atoms with E-state index in [1.165, 1.54) is 24.1 Å². The number of hydrogen-bond acceptors (Lipinski definition) is 3. The highest BCUT2D eigenvalue weighted by atomic mass is 79.9. The smallest absolute Gasteiger partial charge is 0.471 e. The van der Waals surface area contributed by atoms with Gasteiger partial charge in [-0.15, -0.1) is 5.10 Å². The van der Waals surface area contributed by atoms with E-state index < -0.39 is 12.1 Å². The van der Waals surface area contributed by atoms with Gasteiger partial charge in [-0.05, 0) is 28.1 Å². The van der Waals surface area contributed by atoms with Crippen molar-refractivity contribution in [2.24, 2.45) is 0 Å². The van der Waals surface area contributed by atoms with Crippen molar-refractivity contribution in [1.29, 1.82) is 0 Å². The van der Waals surface area contributed by atoms with Gasteiger partial charge in [-0.25, -0.2) is 4.68 Å². The molecule has 2 aromatic rings. The third kappa shape index (κ3) is 3.24. The van der Waals surface area contributed by atoms with Gasteiger partial charge in [0, 0.05) is 25.4 Å². The number of hydrogen-bond donors (Lipinski definition) is 0. The number of methoxy groups -OCH3 is 1. The van der Waals surface area contributed by atoms with Crippen molar-refractivity contribution in [2.75, 3.05) is 19.1 Å². The molecule has 0 aliphatic rings. The molecule has 0 N–H and O–H groups in total. The number of ether oxygens (including phenoxy) is 1. The fourth-order valence-electron chi connectivity index (χ4n) is 1.72. The van der Waals surface area contributed by atoms with Crippen LogP contribution in [0.2, 0.25) is 0 Å². The Morgan fingerprint density at radius 1 is 1.36 bits per heavy atom. The Bertz CT molecular complexity index is 700. The summed E-state index contributed by atoms with van der Waals surface area (Å²) in [5, 5.41) is 3.97. The summed E-state index contributed by atoms with van der Waals surface area (Å²) in [7, 11) is 2.51. The molecule has 0 saturated heterocycles. The van der Waals surface area contributed by atoms with E-state index in [9.17, 15) is 18.0 Å². The average Bonchev–Trinajstić information content (AvgIpc) is 2.95. The zero-order valence-electron chi connectivity index (χ0n) is 11.6. The lowest BCUT2D eigenvalue weighted by Crippen LogP contribution is -2.38. The first-order valence-corrected chi connectivity index (χ1v) is 6.78. The average molecular weight is 378 g/mol. The summed E-state index contributed by atoms with van der Waals surface area (Å²) in [4.78, 5) is 11.6. The Hall–Kier alpha value is -2.03. The molecule has 22 heavy (non-hydrogen) atoms. The van der Waals surface area contributed by atoms with Crippen LogP contribution < -0.4 is 9.64 Å². The van der Waals surface area contributed by atoms with Gasteiger partial charge in [0.2, 0.25) is 0 Å². The first-order valence-electron chi connectivity index (χ1n) is 5.98. The van der Waals surface area contributed by atoms with Crippen LogP contribution in [0.4, 0.5) is 19.0 Å². The molecule has 0 saturated carbocycles. The monoisotopic (exact) mass is 377 g/mol. The van der Waals surface area contributed by atoms with Crippen molar-refractivity contribution in [1.82, 2.24) is 9.78 Å². The minimum absolute atomic E-state index is 0.107. The van der Waals surface area contributed by atoms with E-state index in [2.05, 4.69) is 21.0 Å². The van der Waals surface area contributed by atoms with Gasteiger partial charge in [-0.1, -0.05) is 0 Å². The second-order valence-electron chi connectivity index (χ2n) is 4.30. The number of nitrogens with zero attached hydrogens (tertiary/aromatic N) is 3. The molecule has 0 radical (unpaired) electrons. The molecule has 0 bridgehead atoms. The van der Waals surface area contributed by atoms with E-state index in [4.69, 9.17) is 4.74 Å². The van der Waals surface area contributed by atoms with Crippen LogP contribution in [0.5, 0.6) is 5.75 Å². The Labute approximate surface area is 132 Å². The molecule has 5 nitrogen and oxygen atoms in total. The molecule has 0 fully saturated rings. The molecule has 0 aliphatic heterocycles. The molecule has 1 amide bonds. The topological polar surface area (TPSA) is 47.4 Å². The molecule has 0 aliphatic carbocycles. The van der Waals surface area contributed by atoms with Crippen molar-refractivity contribution >= 4 is 27.7 Å². The summed E-state index contributed by atoms with van der Waals surface area (Å²) in [5.74, 6) is -1.54. The number of amides is 1. The van der Waals surface area contributed by atoms with Crippen LogP contribution in [0.15, 0.2) is 34.9 Å². The Kier molecular flexibility index (Phi) is 4.45. The standard InChI is InChI=1S/C13H11BrF3N3O2/c1-19(12(21)13(15,16)17)11-5-6-20(18-11)8-3-4-9(14)10(7-8)22-2/h3-7H,1-2H3. The molecule has 2 rings (SSSR count). The van der Waals surface area contributed by atoms with Crippen LogP contribution in [0.3, 0.4) is 0 Å². The van der Waals surface area contributed by atoms with Crippen molar-refractivity contribution in [3.05, 3.63) is 34.9 Å². The summed E-state index contributed by atoms with van der Waals surface area (Å²) in [6.45, 7) is 0. The van der Waals surface area contributed by atoms with Gasteiger partial charge in [0.15, 0.2) is 5.82 Å². The van der Waals surface area contributed by atoms with E-state index in [-0.39, 0.29) is 5.82 Å². The van der Waals surface area contributed by atoms with E-state index in [0.29, 0.717) is 16.3 Å². The highest BCUT2D eigenvalue weighted by molar-refractivity contribution is 9.10. The minimum atomic E-state index is -4.95. The van der Waals surface area contributed by atoms with Crippen LogP contribution in [-0.4, -0.2) is 36.0 Å². The van der Waals surface area contributed by atoms with Gasteiger partial charge in [0.05, 0.1) is 17.3 Å². The van der Waals surface area contributed by atoms with Gasteiger partial charge < -0.3 is 4.74 Å². The number of benzene rings is 1. The quantitative estimate of drug-likeness (QED) is 0.825. The summed E-state index contributed by atoms with van der Waals surface area (Å²) in [5.41, 5.74) is 0.583. The Morgan fingerprint density at radius 3 is 2.64 bits per heavy atom. The number of aromatic nitrogens is 2. The number of alkyl halides is 3. The lowest BCUT2D eigenvalue weighted by molar-refractivity contribution is -0.170. The third-order valence-electron chi connectivity index (χ3n) is 2.87. The molecule has 1 heterocycles. The predicted octanol–water partition coefficient (Wildman–Crippen LogP) is 3.17. The summed E-state index contributed by atoms with van der Waals surface area (Å²) in [6, 6.07) is 6.40. The maximum atomic E-state index is 12.4. The van der Waals surface area contributed by atoms with Gasteiger partial charge in [-0.3, -0.25) is 9.69 Å². The first kappa shape index (κ1) is 16.3. The molecule has 0 unspecified atom stereocenters. The maximum absolute atomic E-state index is 12.4. The molecule has 1 aromatic heterocycles. The van der Waals surface area contributed by atoms with Crippen LogP contribution >= 0.6 is 15.9 Å². The molecule has 118 valence electrons. The largest absolute Gasteiger partial charge is 0.495 e. The molecule has 0 atom stereocenters. The lowest BCUT2D eigenvalue weighted by Gasteiger charge is -2.15. The summed E-state index contributed by atoms with van der Waals surface area (Å²) in [6.07, 6.45) is -3.49. The zero-order valence-corrected chi connectivity index (χ0v) is 13.1. The van der Waals surface area contributed by atoms with Crippen molar-refractivity contribution in [3.63, 3.8) is 0 Å². The maximum Gasteiger partial charge on any atom is 0.471 e. The van der Waals surface area contributed by atoms with E-state index in [1.807, 2.05) is 0 Å². The zero-order chi connectivity index (χ0) is 16.5. The second-order valence-corrected chi connectivity index (χ2v) is 5.15. The number of anilines is 1. The highest BCUT2D eigenvalue weighted by Crippen LogP contribution is 2.28. The van der Waals surface area contributed by atoms with Crippen LogP contribution in [-0.2, 0) is 4.79 Å². The van der Waals surface area contributed by atoms with Gasteiger partial charge in [-0.2, -0.15) is 13.2 Å². The molecular weight excluding hydrogens is 367 g/mol. The van der Waals surface area contributed by atoms with Crippen LogP contribution in [0.1, 0.15) is 0 Å². The molecule has 9 heteroatoms.